The highest BCUT2D eigenvalue weighted by atomic mass is 16.5. The lowest BCUT2D eigenvalue weighted by molar-refractivity contribution is -0.140. The molecule has 1 aliphatic carbocycles. The third kappa shape index (κ3) is 6.53. The van der Waals surface area contributed by atoms with Crippen LogP contribution in [0.4, 0.5) is 0 Å². The van der Waals surface area contributed by atoms with Crippen LogP contribution in [0.25, 0.3) is 10.9 Å². The molecule has 1 atom stereocenters. The van der Waals surface area contributed by atoms with Crippen molar-refractivity contribution in [1.29, 1.82) is 0 Å². The summed E-state index contributed by atoms with van der Waals surface area (Å²) in [7, 11) is 1.59. The van der Waals surface area contributed by atoms with Gasteiger partial charge in [-0.3, -0.25) is 14.4 Å². The van der Waals surface area contributed by atoms with Crippen molar-refractivity contribution < 1.29 is 19.1 Å². The van der Waals surface area contributed by atoms with E-state index in [-0.39, 0.29) is 17.9 Å². The molecule has 8 heteroatoms. The number of fused-ring (bicyclic) bond motifs is 1. The zero-order valence-corrected chi connectivity index (χ0v) is 22.6. The molecular weight excluding hydrogens is 468 g/mol. The first-order valence-electron chi connectivity index (χ1n) is 13.9. The number of nitrogens with zero attached hydrogens (tertiary/aromatic N) is 2. The highest BCUT2D eigenvalue weighted by Crippen LogP contribution is 2.31. The Morgan fingerprint density at radius 3 is 2.51 bits per heavy atom. The smallest absolute Gasteiger partial charge is 0.295 e. The van der Waals surface area contributed by atoms with Gasteiger partial charge in [0.15, 0.2) is 0 Å². The number of hydrogen-bond donors (Lipinski definition) is 2. The predicted molar refractivity (Wildman–Crippen MR) is 145 cm³/mol. The molecule has 2 heterocycles. The van der Waals surface area contributed by atoms with Gasteiger partial charge in [-0.1, -0.05) is 19.3 Å². The lowest BCUT2D eigenvalue weighted by Crippen LogP contribution is -2.56. The van der Waals surface area contributed by atoms with Gasteiger partial charge in [-0.25, -0.2) is 0 Å². The fraction of sp³-hybridized carbons (Fsp3) is 0.621. The minimum absolute atomic E-state index is 0.0422. The molecule has 0 bridgehead atoms. The number of Topliss-reactive ketones (excluding diaryl/α,β-unsaturated/α-hetero) is 1. The van der Waals surface area contributed by atoms with Crippen molar-refractivity contribution in [1.82, 2.24) is 20.1 Å². The van der Waals surface area contributed by atoms with Gasteiger partial charge in [-0.05, 0) is 83.6 Å². The van der Waals surface area contributed by atoms with Gasteiger partial charge >= 0.3 is 0 Å². The summed E-state index contributed by atoms with van der Waals surface area (Å²) in [6.07, 6.45) is 9.77. The average molecular weight is 511 g/mol. The van der Waals surface area contributed by atoms with Crippen LogP contribution in [-0.4, -0.2) is 77.8 Å². The Labute approximate surface area is 220 Å². The topological polar surface area (TPSA) is 94.7 Å². The molecule has 37 heavy (non-hydrogen) atoms. The van der Waals surface area contributed by atoms with Crippen molar-refractivity contribution in [3.8, 4) is 5.75 Å². The Balaban J connectivity index is 1.63. The number of H-pyrrole nitrogens is 1. The number of carbonyl (C=O) groups excluding carboxylic acids is 3. The molecule has 1 aliphatic heterocycles. The SMILES string of the molecule is COc1ccc2c(C(=O)C(=O)N(CCCN3CCCC3)C(C(=O)NC(C)C)C3CCCCC3)c[nH]c2c1. The van der Waals surface area contributed by atoms with Gasteiger partial charge in [-0.2, -0.15) is 0 Å². The molecule has 2 aliphatic rings. The predicted octanol–water partition coefficient (Wildman–Crippen LogP) is 4.15. The number of rotatable bonds is 11. The molecule has 1 unspecified atom stereocenters. The lowest BCUT2D eigenvalue weighted by Gasteiger charge is -2.38. The summed E-state index contributed by atoms with van der Waals surface area (Å²) in [4.78, 5) is 48.3. The molecule has 1 saturated carbocycles. The lowest BCUT2D eigenvalue weighted by atomic mass is 9.82. The van der Waals surface area contributed by atoms with Gasteiger partial charge in [-0.15, -0.1) is 0 Å². The van der Waals surface area contributed by atoms with Crippen molar-refractivity contribution in [2.75, 3.05) is 33.3 Å². The first-order valence-corrected chi connectivity index (χ1v) is 13.9. The molecule has 2 amide bonds. The van der Waals surface area contributed by atoms with E-state index in [1.807, 2.05) is 19.9 Å². The van der Waals surface area contributed by atoms with Crippen LogP contribution in [0.5, 0.6) is 5.75 Å². The molecule has 2 N–H and O–H groups in total. The summed E-state index contributed by atoms with van der Waals surface area (Å²) < 4.78 is 5.29. The van der Waals surface area contributed by atoms with Crippen molar-refractivity contribution in [3.05, 3.63) is 30.0 Å². The number of hydrogen-bond acceptors (Lipinski definition) is 5. The highest BCUT2D eigenvalue weighted by molar-refractivity contribution is 6.45. The second-order valence-corrected chi connectivity index (χ2v) is 10.9. The van der Waals surface area contributed by atoms with Crippen LogP contribution in [0.2, 0.25) is 0 Å². The van der Waals surface area contributed by atoms with E-state index >= 15 is 0 Å². The van der Waals surface area contributed by atoms with Gasteiger partial charge in [0.1, 0.15) is 11.8 Å². The van der Waals surface area contributed by atoms with E-state index in [9.17, 15) is 14.4 Å². The third-order valence-electron chi connectivity index (χ3n) is 7.79. The summed E-state index contributed by atoms with van der Waals surface area (Å²) in [5, 5.41) is 3.73. The van der Waals surface area contributed by atoms with Crippen LogP contribution in [0.3, 0.4) is 0 Å². The van der Waals surface area contributed by atoms with E-state index in [0.717, 1.165) is 63.7 Å². The maximum absolute atomic E-state index is 14.0. The molecule has 1 saturated heterocycles. The number of ether oxygens (including phenoxy) is 1. The van der Waals surface area contributed by atoms with E-state index in [1.165, 1.54) is 12.8 Å². The number of ketones is 1. The van der Waals surface area contributed by atoms with Crippen LogP contribution >= 0.6 is 0 Å². The second-order valence-electron chi connectivity index (χ2n) is 10.9. The number of aromatic nitrogens is 1. The molecule has 4 rings (SSSR count). The zero-order chi connectivity index (χ0) is 26.4. The molecule has 1 aromatic heterocycles. The summed E-state index contributed by atoms with van der Waals surface area (Å²) in [5.74, 6) is -0.578. The summed E-state index contributed by atoms with van der Waals surface area (Å²) >= 11 is 0. The number of benzene rings is 1. The number of nitrogens with one attached hydrogen (secondary N) is 2. The summed E-state index contributed by atoms with van der Waals surface area (Å²) in [5.41, 5.74) is 1.07. The van der Waals surface area contributed by atoms with Gasteiger partial charge in [0.2, 0.25) is 5.91 Å². The largest absolute Gasteiger partial charge is 0.497 e. The highest BCUT2D eigenvalue weighted by Gasteiger charge is 2.39. The second kappa shape index (κ2) is 12.6. The monoisotopic (exact) mass is 510 g/mol. The summed E-state index contributed by atoms with van der Waals surface area (Å²) in [6, 6.07) is 4.72. The maximum atomic E-state index is 14.0. The van der Waals surface area contributed by atoms with Crippen LogP contribution < -0.4 is 10.1 Å². The summed E-state index contributed by atoms with van der Waals surface area (Å²) in [6.45, 7) is 7.27. The van der Waals surface area contributed by atoms with Crippen molar-refractivity contribution in [2.24, 2.45) is 5.92 Å². The van der Waals surface area contributed by atoms with Crippen LogP contribution in [0.1, 0.15) is 75.6 Å². The first kappa shape index (κ1) is 27.2. The van der Waals surface area contributed by atoms with E-state index in [1.54, 1.807) is 30.3 Å². The number of methoxy groups -OCH3 is 1. The van der Waals surface area contributed by atoms with Gasteiger partial charge < -0.3 is 24.8 Å². The number of carbonyl (C=O) groups is 3. The number of aromatic amines is 1. The van der Waals surface area contributed by atoms with Gasteiger partial charge in [0, 0.05) is 35.8 Å². The Hall–Kier alpha value is -2.87. The van der Waals surface area contributed by atoms with E-state index < -0.39 is 17.7 Å². The molecule has 2 fully saturated rings. The number of likely N-dealkylation sites (tertiary alicyclic amines) is 1. The van der Waals surface area contributed by atoms with Gasteiger partial charge in [0.25, 0.3) is 11.7 Å². The Bertz CT molecular complexity index is 1080. The Morgan fingerprint density at radius 1 is 1.11 bits per heavy atom. The third-order valence-corrected chi connectivity index (χ3v) is 7.79. The molecule has 0 radical (unpaired) electrons. The standard InChI is InChI=1S/C29H42N4O4/c1-20(2)31-28(35)26(21-10-5-4-6-11-21)33(17-9-16-32-14-7-8-15-32)29(36)27(34)24-19-30-25-18-22(37-3)12-13-23(24)25/h12-13,18-21,26,30H,4-11,14-17H2,1-3H3,(H,31,35). The van der Waals surface area contributed by atoms with Crippen molar-refractivity contribution in [2.45, 2.75) is 77.3 Å². The minimum Gasteiger partial charge on any atom is -0.497 e. The fourth-order valence-electron chi connectivity index (χ4n) is 5.93. The Kier molecular flexibility index (Phi) is 9.24. The normalized spacial score (nSPS) is 17.7. The van der Waals surface area contributed by atoms with E-state index in [2.05, 4.69) is 15.2 Å². The van der Waals surface area contributed by atoms with E-state index in [4.69, 9.17) is 4.74 Å². The van der Waals surface area contributed by atoms with Crippen LogP contribution in [0, 0.1) is 5.92 Å². The van der Waals surface area contributed by atoms with Crippen molar-refractivity contribution >= 4 is 28.5 Å². The van der Waals surface area contributed by atoms with Gasteiger partial charge in [0.05, 0.1) is 12.7 Å². The van der Waals surface area contributed by atoms with Crippen LogP contribution in [0.15, 0.2) is 24.4 Å². The molecule has 2 aromatic rings. The fourth-order valence-corrected chi connectivity index (χ4v) is 5.93. The molecule has 0 spiro atoms. The van der Waals surface area contributed by atoms with Crippen molar-refractivity contribution in [3.63, 3.8) is 0 Å². The maximum Gasteiger partial charge on any atom is 0.295 e. The van der Waals surface area contributed by atoms with E-state index in [0.29, 0.717) is 23.2 Å². The molecule has 1 aromatic carbocycles. The average Bonchev–Trinajstić information content (AvgIpc) is 3.57. The zero-order valence-electron chi connectivity index (χ0n) is 22.6. The van der Waals surface area contributed by atoms with Crippen LogP contribution in [-0.2, 0) is 9.59 Å². The quantitative estimate of drug-likeness (QED) is 0.350. The number of amides is 2. The molecule has 202 valence electrons. The Morgan fingerprint density at radius 2 is 1.84 bits per heavy atom. The molecule has 8 nitrogen and oxygen atoms in total. The minimum atomic E-state index is -0.636. The first-order chi connectivity index (χ1) is 17.9. The molecular formula is C29H42N4O4.